The number of nitrogens with one attached hydrogen (secondary N) is 1. The van der Waals surface area contributed by atoms with Gasteiger partial charge in [-0.2, -0.15) is 0 Å². The standard InChI is InChI=1S/C19H34N2O2/c1-17(2)10-15(11-18(3,4)12-17)21-16(22)13-7-19(8-13)9-14(20)5-6-23-19/h13-15H,5-12,20H2,1-4H3,(H,21,22). The van der Waals surface area contributed by atoms with Crippen LogP contribution in [-0.2, 0) is 9.53 Å². The van der Waals surface area contributed by atoms with Gasteiger partial charge in [-0.05, 0) is 55.8 Å². The molecule has 1 saturated heterocycles. The number of carbonyl (C=O) groups is 1. The van der Waals surface area contributed by atoms with Gasteiger partial charge in [0.1, 0.15) is 0 Å². The predicted octanol–water partition coefficient (Wildman–Crippen LogP) is 2.99. The highest BCUT2D eigenvalue weighted by Crippen LogP contribution is 2.48. The third-order valence-electron chi connectivity index (χ3n) is 6.04. The van der Waals surface area contributed by atoms with Crippen LogP contribution in [0, 0.1) is 16.7 Å². The SMILES string of the molecule is CC1(C)CC(NC(=O)C2CC3(CC(N)CCO3)C2)CC(C)(C)C1. The van der Waals surface area contributed by atoms with Gasteiger partial charge in [-0.1, -0.05) is 27.7 Å². The molecule has 3 aliphatic rings. The van der Waals surface area contributed by atoms with Crippen LogP contribution < -0.4 is 11.1 Å². The molecule has 1 amide bonds. The van der Waals surface area contributed by atoms with Gasteiger partial charge in [0, 0.05) is 24.6 Å². The number of rotatable bonds is 2. The van der Waals surface area contributed by atoms with Crippen LogP contribution in [0.3, 0.4) is 0 Å². The molecule has 1 heterocycles. The highest BCUT2D eigenvalue weighted by molar-refractivity contribution is 5.80. The Hall–Kier alpha value is -0.610. The van der Waals surface area contributed by atoms with Crippen LogP contribution in [0.15, 0.2) is 0 Å². The molecule has 4 nitrogen and oxygen atoms in total. The van der Waals surface area contributed by atoms with Crippen molar-refractivity contribution >= 4 is 5.91 Å². The summed E-state index contributed by atoms with van der Waals surface area (Å²) in [7, 11) is 0. The Morgan fingerprint density at radius 3 is 2.22 bits per heavy atom. The van der Waals surface area contributed by atoms with Gasteiger partial charge < -0.3 is 15.8 Å². The summed E-state index contributed by atoms with van der Waals surface area (Å²) in [6, 6.07) is 0.556. The van der Waals surface area contributed by atoms with Gasteiger partial charge >= 0.3 is 0 Å². The minimum Gasteiger partial charge on any atom is -0.375 e. The Kier molecular flexibility index (Phi) is 4.29. The van der Waals surface area contributed by atoms with Crippen molar-refractivity contribution < 1.29 is 9.53 Å². The Bertz CT molecular complexity index is 450. The summed E-state index contributed by atoms with van der Waals surface area (Å²) in [5, 5.41) is 3.34. The second kappa shape index (κ2) is 5.73. The molecule has 0 aromatic rings. The van der Waals surface area contributed by atoms with E-state index in [0.29, 0.717) is 16.9 Å². The van der Waals surface area contributed by atoms with Crippen LogP contribution in [0.2, 0.25) is 0 Å². The maximum atomic E-state index is 12.6. The summed E-state index contributed by atoms with van der Waals surface area (Å²) in [5.41, 5.74) is 6.59. The van der Waals surface area contributed by atoms with Crippen molar-refractivity contribution in [1.82, 2.24) is 5.32 Å². The van der Waals surface area contributed by atoms with E-state index in [0.717, 1.165) is 45.1 Å². The van der Waals surface area contributed by atoms with Gasteiger partial charge in [0.25, 0.3) is 0 Å². The van der Waals surface area contributed by atoms with Gasteiger partial charge in [0.2, 0.25) is 5.91 Å². The van der Waals surface area contributed by atoms with E-state index >= 15 is 0 Å². The topological polar surface area (TPSA) is 64.4 Å². The molecule has 1 atom stereocenters. The number of hydrogen-bond donors (Lipinski definition) is 2. The first-order valence-corrected chi connectivity index (χ1v) is 9.28. The van der Waals surface area contributed by atoms with Crippen molar-refractivity contribution in [3.8, 4) is 0 Å². The summed E-state index contributed by atoms with van der Waals surface area (Å²) >= 11 is 0. The van der Waals surface area contributed by atoms with Gasteiger partial charge in [-0.3, -0.25) is 4.79 Å². The monoisotopic (exact) mass is 322 g/mol. The summed E-state index contributed by atoms with van der Waals surface area (Å²) < 4.78 is 5.95. The van der Waals surface area contributed by atoms with E-state index in [1.165, 1.54) is 6.42 Å². The maximum absolute atomic E-state index is 12.6. The molecule has 2 saturated carbocycles. The van der Waals surface area contributed by atoms with Crippen LogP contribution in [0.5, 0.6) is 0 Å². The third-order valence-corrected chi connectivity index (χ3v) is 6.04. The molecule has 0 radical (unpaired) electrons. The zero-order chi connectivity index (χ0) is 16.9. The third kappa shape index (κ3) is 3.90. The second-order valence-corrected chi connectivity index (χ2v) is 10.0. The molecule has 132 valence electrons. The fraction of sp³-hybridized carbons (Fsp3) is 0.947. The molecule has 1 aliphatic heterocycles. The highest BCUT2D eigenvalue weighted by atomic mass is 16.5. The average molecular weight is 322 g/mol. The van der Waals surface area contributed by atoms with Crippen LogP contribution >= 0.6 is 0 Å². The van der Waals surface area contributed by atoms with Crippen LogP contribution in [0.1, 0.15) is 72.6 Å². The van der Waals surface area contributed by atoms with Crippen molar-refractivity contribution in [3.63, 3.8) is 0 Å². The largest absolute Gasteiger partial charge is 0.375 e. The summed E-state index contributed by atoms with van der Waals surface area (Å²) in [5.74, 6) is 0.352. The van der Waals surface area contributed by atoms with Crippen molar-refractivity contribution in [1.29, 1.82) is 0 Å². The zero-order valence-electron chi connectivity index (χ0n) is 15.3. The fourth-order valence-electron chi connectivity index (χ4n) is 5.64. The molecule has 3 rings (SSSR count). The van der Waals surface area contributed by atoms with Gasteiger partial charge in [0.05, 0.1) is 5.60 Å². The lowest BCUT2D eigenvalue weighted by Crippen LogP contribution is -2.58. The first-order valence-electron chi connectivity index (χ1n) is 9.28. The Labute approximate surface area is 140 Å². The first-order chi connectivity index (χ1) is 10.6. The van der Waals surface area contributed by atoms with Crippen molar-refractivity contribution in [3.05, 3.63) is 0 Å². The fourth-order valence-corrected chi connectivity index (χ4v) is 5.64. The summed E-state index contributed by atoms with van der Waals surface area (Å²) in [4.78, 5) is 12.6. The maximum Gasteiger partial charge on any atom is 0.223 e. The van der Waals surface area contributed by atoms with Crippen LogP contribution in [-0.4, -0.2) is 30.2 Å². The van der Waals surface area contributed by atoms with Gasteiger partial charge in [-0.15, -0.1) is 0 Å². The van der Waals surface area contributed by atoms with Gasteiger partial charge in [0.15, 0.2) is 0 Å². The van der Waals surface area contributed by atoms with Crippen LogP contribution in [0.4, 0.5) is 0 Å². The van der Waals surface area contributed by atoms with E-state index in [-0.39, 0.29) is 23.5 Å². The summed E-state index contributed by atoms with van der Waals surface area (Å²) in [6.07, 6.45) is 6.97. The molecule has 4 heteroatoms. The van der Waals surface area contributed by atoms with E-state index in [1.54, 1.807) is 0 Å². The molecule has 0 aromatic heterocycles. The molecule has 2 aliphatic carbocycles. The molecule has 3 N–H and O–H groups in total. The number of amides is 1. The van der Waals surface area contributed by atoms with Crippen LogP contribution in [0.25, 0.3) is 0 Å². The van der Waals surface area contributed by atoms with E-state index in [9.17, 15) is 4.79 Å². The lowest BCUT2D eigenvalue weighted by Gasteiger charge is -2.51. The van der Waals surface area contributed by atoms with Crippen molar-refractivity contribution in [2.24, 2.45) is 22.5 Å². The second-order valence-electron chi connectivity index (χ2n) is 10.0. The highest BCUT2D eigenvalue weighted by Gasteiger charge is 2.51. The average Bonchev–Trinajstić information content (AvgIpc) is 2.31. The lowest BCUT2D eigenvalue weighted by molar-refractivity contribution is -0.170. The number of ether oxygens (including phenoxy) is 1. The summed E-state index contributed by atoms with van der Waals surface area (Å²) in [6.45, 7) is 10.0. The predicted molar refractivity (Wildman–Crippen MR) is 92.0 cm³/mol. The molecule has 23 heavy (non-hydrogen) atoms. The molecule has 0 aromatic carbocycles. The van der Waals surface area contributed by atoms with E-state index in [4.69, 9.17) is 10.5 Å². The minimum atomic E-state index is -0.0925. The minimum absolute atomic E-state index is 0.0925. The van der Waals surface area contributed by atoms with E-state index < -0.39 is 0 Å². The molecule has 1 spiro atoms. The molecule has 0 bridgehead atoms. The van der Waals surface area contributed by atoms with Crippen molar-refractivity contribution in [2.45, 2.75) is 90.3 Å². The Morgan fingerprint density at radius 1 is 1.04 bits per heavy atom. The number of hydrogen-bond acceptors (Lipinski definition) is 3. The normalized spacial score (nSPS) is 33.2. The molecule has 1 unspecified atom stereocenters. The quantitative estimate of drug-likeness (QED) is 0.821. The van der Waals surface area contributed by atoms with E-state index in [1.807, 2.05) is 0 Å². The van der Waals surface area contributed by atoms with Crippen molar-refractivity contribution in [2.75, 3.05) is 6.61 Å². The Balaban J connectivity index is 1.52. The number of nitrogens with two attached hydrogens (primary N) is 1. The zero-order valence-corrected chi connectivity index (χ0v) is 15.3. The first kappa shape index (κ1) is 17.2. The number of carbonyl (C=O) groups excluding carboxylic acids is 1. The van der Waals surface area contributed by atoms with E-state index in [2.05, 4.69) is 33.0 Å². The smallest absolute Gasteiger partial charge is 0.223 e. The molecular weight excluding hydrogens is 288 g/mol. The Morgan fingerprint density at radius 2 is 1.65 bits per heavy atom. The van der Waals surface area contributed by atoms with Gasteiger partial charge in [-0.25, -0.2) is 0 Å². The molecule has 3 fully saturated rings. The lowest BCUT2D eigenvalue weighted by atomic mass is 9.63. The molecular formula is C19H34N2O2.